The van der Waals surface area contributed by atoms with Crippen molar-refractivity contribution in [2.45, 2.75) is 0 Å². The van der Waals surface area contributed by atoms with Crippen molar-refractivity contribution in [1.29, 1.82) is 0 Å². The van der Waals surface area contributed by atoms with Crippen LogP contribution in [-0.2, 0) is 0 Å². The molecule has 0 amide bonds. The topological polar surface area (TPSA) is 21.3 Å². The minimum Gasteiger partial charge on any atom is -0.456 e. The first-order valence-corrected chi connectivity index (χ1v) is 21.5. The Morgan fingerprint density at radius 1 is 0.286 bits per heavy atom. The molecule has 2 aromatic heterocycles. The predicted octanol–water partition coefficient (Wildman–Crippen LogP) is 16.8. The van der Waals surface area contributed by atoms with E-state index < -0.39 is 0 Å². The van der Waals surface area contributed by atoms with Crippen LogP contribution in [-0.4, -0.2) is 4.57 Å². The van der Waals surface area contributed by atoms with Crippen LogP contribution in [0.3, 0.4) is 0 Å². The highest BCUT2D eigenvalue weighted by Gasteiger charge is 2.17. The molecule has 296 valence electrons. The molecule has 3 heteroatoms. The summed E-state index contributed by atoms with van der Waals surface area (Å²) in [4.78, 5) is 2.34. The van der Waals surface area contributed by atoms with Crippen LogP contribution < -0.4 is 4.90 Å². The minimum atomic E-state index is 0.905. The number of hydrogen-bond donors (Lipinski definition) is 0. The molecule has 0 aliphatic heterocycles. The van der Waals surface area contributed by atoms with Crippen molar-refractivity contribution in [3.63, 3.8) is 0 Å². The molecule has 12 aromatic rings. The third kappa shape index (κ3) is 6.46. The van der Waals surface area contributed by atoms with Gasteiger partial charge in [0.25, 0.3) is 0 Å². The monoisotopic (exact) mass is 804 g/mol. The van der Waals surface area contributed by atoms with Gasteiger partial charge in [0, 0.05) is 44.2 Å². The fraction of sp³-hybridized carbons (Fsp3) is 0. The van der Waals surface area contributed by atoms with Crippen molar-refractivity contribution in [2.75, 3.05) is 4.90 Å². The molecule has 0 fully saturated rings. The molecule has 0 aliphatic rings. The Hall–Kier alpha value is -8.40. The lowest BCUT2D eigenvalue weighted by Crippen LogP contribution is -2.09. The van der Waals surface area contributed by atoms with Crippen LogP contribution in [0, 0.1) is 0 Å². The first-order valence-electron chi connectivity index (χ1n) is 21.5. The smallest absolute Gasteiger partial charge is 0.135 e. The van der Waals surface area contributed by atoms with Crippen LogP contribution in [0.15, 0.2) is 247 Å². The van der Waals surface area contributed by atoms with E-state index in [1.165, 1.54) is 55.3 Å². The maximum absolute atomic E-state index is 6.12. The number of fused-ring (bicyclic) bond motifs is 6. The second kappa shape index (κ2) is 15.3. The van der Waals surface area contributed by atoms with E-state index in [1.807, 2.05) is 12.1 Å². The van der Waals surface area contributed by atoms with Gasteiger partial charge < -0.3 is 13.9 Å². The number of hydrogen-bond acceptors (Lipinski definition) is 2. The molecule has 0 bridgehead atoms. The third-order valence-electron chi connectivity index (χ3n) is 12.4. The number of furan rings is 1. The summed E-state index contributed by atoms with van der Waals surface area (Å²) in [5.74, 6) is 0. The third-order valence-corrected chi connectivity index (χ3v) is 12.4. The average molecular weight is 805 g/mol. The highest BCUT2D eigenvalue weighted by molar-refractivity contribution is 6.10. The number of rotatable bonds is 8. The van der Waals surface area contributed by atoms with E-state index in [-0.39, 0.29) is 0 Å². The van der Waals surface area contributed by atoms with E-state index in [0.717, 1.165) is 55.7 Å². The Kier molecular flexibility index (Phi) is 8.83. The van der Waals surface area contributed by atoms with E-state index >= 15 is 0 Å². The molecule has 63 heavy (non-hydrogen) atoms. The van der Waals surface area contributed by atoms with Crippen molar-refractivity contribution < 1.29 is 4.42 Å². The van der Waals surface area contributed by atoms with Gasteiger partial charge in [0.2, 0.25) is 0 Å². The second-order valence-electron chi connectivity index (χ2n) is 16.1. The van der Waals surface area contributed by atoms with E-state index in [9.17, 15) is 0 Å². The lowest BCUT2D eigenvalue weighted by atomic mass is 9.98. The number of para-hydroxylation sites is 4. The zero-order chi connectivity index (χ0) is 41.7. The van der Waals surface area contributed by atoms with Crippen LogP contribution in [0.1, 0.15) is 0 Å². The summed E-state index contributed by atoms with van der Waals surface area (Å²) in [6, 6.07) is 87.1. The van der Waals surface area contributed by atoms with Gasteiger partial charge >= 0.3 is 0 Å². The van der Waals surface area contributed by atoms with Gasteiger partial charge in [-0.25, -0.2) is 0 Å². The summed E-state index contributed by atoms with van der Waals surface area (Å²) in [6.45, 7) is 0. The van der Waals surface area contributed by atoms with E-state index in [4.69, 9.17) is 4.42 Å². The molecular weight excluding hydrogens is 765 g/mol. The lowest BCUT2D eigenvalue weighted by Gasteiger charge is -2.26. The fourth-order valence-corrected chi connectivity index (χ4v) is 9.33. The number of nitrogens with zero attached hydrogens (tertiary/aromatic N) is 2. The van der Waals surface area contributed by atoms with Crippen LogP contribution in [0.25, 0.3) is 93.9 Å². The highest BCUT2D eigenvalue weighted by Crippen LogP contribution is 2.40. The van der Waals surface area contributed by atoms with Crippen LogP contribution >= 0.6 is 0 Å². The number of anilines is 3. The Morgan fingerprint density at radius 2 is 0.698 bits per heavy atom. The first kappa shape index (κ1) is 36.5. The van der Waals surface area contributed by atoms with Gasteiger partial charge in [0.1, 0.15) is 11.2 Å². The van der Waals surface area contributed by atoms with Crippen molar-refractivity contribution in [3.8, 4) is 50.2 Å². The molecular formula is C60H40N2O. The molecule has 3 nitrogen and oxygen atoms in total. The van der Waals surface area contributed by atoms with Gasteiger partial charge in [-0.3, -0.25) is 0 Å². The van der Waals surface area contributed by atoms with E-state index in [1.54, 1.807) is 0 Å². The summed E-state index contributed by atoms with van der Waals surface area (Å²) in [7, 11) is 0. The molecule has 0 spiro atoms. The minimum absolute atomic E-state index is 0.905. The Morgan fingerprint density at radius 3 is 1.30 bits per heavy atom. The van der Waals surface area contributed by atoms with Gasteiger partial charge in [0.05, 0.1) is 16.7 Å². The summed E-state index contributed by atoms with van der Waals surface area (Å²) >= 11 is 0. The lowest BCUT2D eigenvalue weighted by molar-refractivity contribution is 0.669. The maximum Gasteiger partial charge on any atom is 0.135 e. The van der Waals surface area contributed by atoms with Crippen LogP contribution in [0.2, 0.25) is 0 Å². The molecule has 0 atom stereocenters. The Balaban J connectivity index is 0.875. The van der Waals surface area contributed by atoms with Gasteiger partial charge in [-0.2, -0.15) is 0 Å². The quantitative estimate of drug-likeness (QED) is 0.153. The predicted molar refractivity (Wildman–Crippen MR) is 264 cm³/mol. The normalized spacial score (nSPS) is 11.5. The van der Waals surface area contributed by atoms with Crippen molar-refractivity contribution >= 4 is 60.8 Å². The Labute approximate surface area is 366 Å². The summed E-state index contributed by atoms with van der Waals surface area (Å²) in [6.07, 6.45) is 0. The van der Waals surface area contributed by atoms with Gasteiger partial charge in [0.15, 0.2) is 0 Å². The molecule has 0 unspecified atom stereocenters. The molecule has 0 saturated heterocycles. The van der Waals surface area contributed by atoms with E-state index in [0.29, 0.717) is 0 Å². The van der Waals surface area contributed by atoms with Crippen LogP contribution in [0.4, 0.5) is 17.1 Å². The Bertz CT molecular complexity index is 3530. The van der Waals surface area contributed by atoms with Gasteiger partial charge in [-0.15, -0.1) is 0 Å². The van der Waals surface area contributed by atoms with E-state index in [2.05, 4.69) is 240 Å². The second-order valence-corrected chi connectivity index (χ2v) is 16.1. The van der Waals surface area contributed by atoms with Gasteiger partial charge in [-0.1, -0.05) is 170 Å². The largest absolute Gasteiger partial charge is 0.456 e. The molecule has 0 aliphatic carbocycles. The number of aromatic nitrogens is 1. The van der Waals surface area contributed by atoms with Crippen molar-refractivity contribution in [3.05, 3.63) is 243 Å². The molecule has 10 aromatic carbocycles. The summed E-state index contributed by atoms with van der Waals surface area (Å²) < 4.78 is 8.53. The molecule has 0 N–H and O–H groups in total. The summed E-state index contributed by atoms with van der Waals surface area (Å²) in [5, 5.41) is 4.79. The molecule has 2 heterocycles. The zero-order valence-electron chi connectivity index (χ0n) is 34.4. The molecule has 0 radical (unpaired) electrons. The summed E-state index contributed by atoms with van der Waals surface area (Å²) in [5.41, 5.74) is 18.1. The maximum atomic E-state index is 6.12. The molecule has 12 rings (SSSR count). The van der Waals surface area contributed by atoms with Crippen molar-refractivity contribution in [2.24, 2.45) is 0 Å². The first-order chi connectivity index (χ1) is 31.2. The number of benzene rings is 10. The highest BCUT2D eigenvalue weighted by atomic mass is 16.3. The standard InChI is InChI=1S/C60H40N2O/c1-2-12-41(13-3-1)43-26-33-48(34-27-43)61(50-37-30-45(31-38-50)47-32-39-60-55(40-47)54-17-7-11-21-59(54)63-60)49-35-28-44(29-36-49)42-22-24-46(25-23-42)51-14-4-8-18-56(51)62-57-19-9-5-15-52(57)53-16-6-10-20-58(53)62/h1-40H. The van der Waals surface area contributed by atoms with Crippen LogP contribution in [0.5, 0.6) is 0 Å². The zero-order valence-corrected chi connectivity index (χ0v) is 34.4. The fourth-order valence-electron chi connectivity index (χ4n) is 9.33. The average Bonchev–Trinajstić information content (AvgIpc) is 3.91. The SMILES string of the molecule is c1ccc(-c2ccc(N(c3ccc(-c4ccc(-c5ccccc5-n5c6ccccc6c6ccccc65)cc4)cc3)c3ccc(-c4ccc5oc6ccccc6c5c4)cc3)cc2)cc1. The van der Waals surface area contributed by atoms with Gasteiger partial charge in [-0.05, 0) is 112 Å². The van der Waals surface area contributed by atoms with Crippen molar-refractivity contribution in [1.82, 2.24) is 4.57 Å². The molecule has 0 saturated carbocycles.